The highest BCUT2D eigenvalue weighted by Crippen LogP contribution is 2.23. The van der Waals surface area contributed by atoms with Gasteiger partial charge in [-0.2, -0.15) is 0 Å². The van der Waals surface area contributed by atoms with E-state index in [0.717, 1.165) is 48.8 Å². The molecule has 7 nitrogen and oxygen atoms in total. The Kier molecular flexibility index (Phi) is 6.23. The molecular formula is C24H29N5O2S. The van der Waals surface area contributed by atoms with E-state index in [4.69, 9.17) is 4.98 Å². The fourth-order valence-electron chi connectivity index (χ4n) is 4.70. The van der Waals surface area contributed by atoms with Crippen molar-refractivity contribution < 1.29 is 9.59 Å². The first kappa shape index (κ1) is 21.2. The third-order valence-electron chi connectivity index (χ3n) is 6.45. The van der Waals surface area contributed by atoms with Crippen molar-refractivity contribution in [3.8, 4) is 0 Å². The van der Waals surface area contributed by atoms with Gasteiger partial charge in [0, 0.05) is 50.0 Å². The van der Waals surface area contributed by atoms with E-state index in [1.807, 2.05) is 56.1 Å². The lowest BCUT2D eigenvalue weighted by Crippen LogP contribution is -2.50. The molecule has 0 bridgehead atoms. The van der Waals surface area contributed by atoms with Crippen LogP contribution in [0.5, 0.6) is 0 Å². The summed E-state index contributed by atoms with van der Waals surface area (Å²) in [7, 11) is 0. The molecule has 5 rings (SSSR count). The van der Waals surface area contributed by atoms with Crippen molar-refractivity contribution in [1.82, 2.24) is 19.2 Å². The number of para-hydroxylation sites is 1. The number of likely N-dealkylation sites (tertiary alicyclic amines) is 1. The van der Waals surface area contributed by atoms with Crippen LogP contribution in [-0.4, -0.2) is 63.7 Å². The van der Waals surface area contributed by atoms with Crippen LogP contribution in [0.1, 0.15) is 48.3 Å². The summed E-state index contributed by atoms with van der Waals surface area (Å²) < 4.78 is 2.02. The molecule has 2 aliphatic rings. The first-order valence-electron chi connectivity index (χ1n) is 11.5. The van der Waals surface area contributed by atoms with Crippen LogP contribution in [0.4, 0.5) is 5.69 Å². The predicted molar refractivity (Wildman–Crippen MR) is 126 cm³/mol. The standard InChI is InChI=1S/C24H29N5O2S/c30-21-18-26(13-14-28(21)19-9-5-4-6-10-19)17-20-22(25-24-29(20)15-16-32-24)23(31)27-11-7-2-1-3-8-12-27/h4-6,9-10,15-16H,1-3,7-8,11-14,17-18H2. The second-order valence-electron chi connectivity index (χ2n) is 8.61. The number of amides is 2. The number of aromatic nitrogens is 2. The maximum absolute atomic E-state index is 13.5. The Labute approximate surface area is 192 Å². The van der Waals surface area contributed by atoms with Gasteiger partial charge in [0.1, 0.15) is 0 Å². The highest BCUT2D eigenvalue weighted by Gasteiger charge is 2.29. The van der Waals surface area contributed by atoms with Crippen LogP contribution < -0.4 is 4.90 Å². The number of carbonyl (C=O) groups excluding carboxylic acids is 2. The van der Waals surface area contributed by atoms with Gasteiger partial charge in [0.25, 0.3) is 5.91 Å². The Morgan fingerprint density at radius 1 is 0.969 bits per heavy atom. The maximum Gasteiger partial charge on any atom is 0.274 e. The molecule has 2 saturated heterocycles. The van der Waals surface area contributed by atoms with Crippen LogP contribution in [0.2, 0.25) is 0 Å². The summed E-state index contributed by atoms with van der Waals surface area (Å²) in [5.41, 5.74) is 2.39. The Morgan fingerprint density at radius 2 is 1.72 bits per heavy atom. The van der Waals surface area contributed by atoms with E-state index in [-0.39, 0.29) is 11.8 Å². The van der Waals surface area contributed by atoms with Crippen LogP contribution in [0.15, 0.2) is 41.9 Å². The normalized spacial score (nSPS) is 18.7. The first-order chi connectivity index (χ1) is 15.7. The van der Waals surface area contributed by atoms with E-state index in [2.05, 4.69) is 4.90 Å². The van der Waals surface area contributed by atoms with Gasteiger partial charge in [0.2, 0.25) is 5.91 Å². The third kappa shape index (κ3) is 4.29. The van der Waals surface area contributed by atoms with Crippen molar-refractivity contribution in [3.05, 3.63) is 53.3 Å². The maximum atomic E-state index is 13.5. The van der Waals surface area contributed by atoms with Crippen LogP contribution in [0.3, 0.4) is 0 Å². The zero-order chi connectivity index (χ0) is 21.9. The van der Waals surface area contributed by atoms with E-state index in [0.29, 0.717) is 25.3 Å². The van der Waals surface area contributed by atoms with E-state index < -0.39 is 0 Å². The SMILES string of the molecule is O=C(c1nc2sccn2c1CN1CCN(c2ccccc2)C(=O)C1)N1CCCCCCC1. The number of rotatable bonds is 4. The summed E-state index contributed by atoms with van der Waals surface area (Å²) in [5, 5.41) is 1.99. The smallest absolute Gasteiger partial charge is 0.274 e. The molecule has 0 N–H and O–H groups in total. The summed E-state index contributed by atoms with van der Waals surface area (Å²) in [6, 6.07) is 9.81. The first-order valence-corrected chi connectivity index (χ1v) is 12.4. The Hall–Kier alpha value is -2.71. The van der Waals surface area contributed by atoms with Crippen LogP contribution in [0, 0.1) is 0 Å². The van der Waals surface area contributed by atoms with Crippen molar-refractivity contribution >= 4 is 33.8 Å². The second-order valence-corrected chi connectivity index (χ2v) is 9.49. The molecule has 0 spiro atoms. The average molecular weight is 452 g/mol. The summed E-state index contributed by atoms with van der Waals surface area (Å²) in [6.07, 6.45) is 7.72. The molecule has 2 aliphatic heterocycles. The second kappa shape index (κ2) is 9.42. The zero-order valence-electron chi connectivity index (χ0n) is 18.3. The Morgan fingerprint density at radius 3 is 2.47 bits per heavy atom. The number of piperazine rings is 1. The van der Waals surface area contributed by atoms with Crippen molar-refractivity contribution in [2.45, 2.75) is 38.6 Å². The molecule has 0 atom stereocenters. The molecule has 4 heterocycles. The van der Waals surface area contributed by atoms with Crippen molar-refractivity contribution in [1.29, 1.82) is 0 Å². The van der Waals surface area contributed by atoms with Crippen molar-refractivity contribution in [3.63, 3.8) is 0 Å². The topological polar surface area (TPSA) is 61.2 Å². The Balaban J connectivity index is 1.35. The number of nitrogens with zero attached hydrogens (tertiary/aromatic N) is 5. The number of hydrogen-bond donors (Lipinski definition) is 0. The minimum Gasteiger partial charge on any atom is -0.337 e. The van der Waals surface area contributed by atoms with Gasteiger partial charge >= 0.3 is 0 Å². The van der Waals surface area contributed by atoms with Crippen LogP contribution >= 0.6 is 11.3 Å². The van der Waals surface area contributed by atoms with Crippen molar-refractivity contribution in [2.75, 3.05) is 37.6 Å². The molecule has 0 saturated carbocycles. The molecule has 2 aromatic heterocycles. The number of imidazole rings is 1. The quantitative estimate of drug-likeness (QED) is 0.608. The lowest BCUT2D eigenvalue weighted by molar-refractivity contribution is -0.121. The van der Waals surface area contributed by atoms with Gasteiger partial charge in [0.15, 0.2) is 10.7 Å². The lowest BCUT2D eigenvalue weighted by Gasteiger charge is -2.34. The van der Waals surface area contributed by atoms with Gasteiger partial charge in [-0.25, -0.2) is 4.98 Å². The highest BCUT2D eigenvalue weighted by atomic mass is 32.1. The van der Waals surface area contributed by atoms with E-state index in [1.54, 1.807) is 11.3 Å². The molecule has 3 aromatic rings. The minimum absolute atomic E-state index is 0.0343. The third-order valence-corrected chi connectivity index (χ3v) is 7.20. The van der Waals surface area contributed by atoms with Crippen LogP contribution in [0.25, 0.3) is 4.96 Å². The van der Waals surface area contributed by atoms with E-state index >= 15 is 0 Å². The molecule has 0 radical (unpaired) electrons. The Bertz CT molecular complexity index is 1080. The fourth-order valence-corrected chi connectivity index (χ4v) is 5.44. The van der Waals surface area contributed by atoms with E-state index in [9.17, 15) is 9.59 Å². The van der Waals surface area contributed by atoms with Gasteiger partial charge < -0.3 is 9.80 Å². The molecule has 0 unspecified atom stereocenters. The van der Waals surface area contributed by atoms with Crippen LogP contribution in [-0.2, 0) is 11.3 Å². The molecule has 8 heteroatoms. The highest BCUT2D eigenvalue weighted by molar-refractivity contribution is 7.15. The van der Waals surface area contributed by atoms with Gasteiger partial charge in [-0.15, -0.1) is 11.3 Å². The molecule has 0 aliphatic carbocycles. The fraction of sp³-hybridized carbons (Fsp3) is 0.458. The summed E-state index contributed by atoms with van der Waals surface area (Å²) in [6.45, 7) is 3.89. The number of thiazole rings is 1. The summed E-state index contributed by atoms with van der Waals surface area (Å²) in [5.74, 6) is 0.122. The molecular weight excluding hydrogens is 422 g/mol. The molecule has 2 fully saturated rings. The number of fused-ring (bicyclic) bond motifs is 1. The van der Waals surface area contributed by atoms with Crippen molar-refractivity contribution in [2.24, 2.45) is 0 Å². The zero-order valence-corrected chi connectivity index (χ0v) is 19.1. The monoisotopic (exact) mass is 451 g/mol. The summed E-state index contributed by atoms with van der Waals surface area (Å²) >= 11 is 1.54. The largest absolute Gasteiger partial charge is 0.337 e. The molecule has 2 amide bonds. The average Bonchev–Trinajstić information content (AvgIpc) is 3.37. The van der Waals surface area contributed by atoms with E-state index in [1.165, 1.54) is 19.3 Å². The van der Waals surface area contributed by atoms with Gasteiger partial charge in [-0.3, -0.25) is 18.9 Å². The summed E-state index contributed by atoms with van der Waals surface area (Å²) in [4.78, 5) is 37.8. The molecule has 32 heavy (non-hydrogen) atoms. The van der Waals surface area contributed by atoms with Gasteiger partial charge in [-0.05, 0) is 25.0 Å². The number of carbonyl (C=O) groups is 2. The number of benzene rings is 1. The molecule has 168 valence electrons. The van der Waals surface area contributed by atoms with Gasteiger partial charge in [-0.1, -0.05) is 37.5 Å². The number of hydrogen-bond acceptors (Lipinski definition) is 5. The minimum atomic E-state index is 0.0343. The predicted octanol–water partition coefficient (Wildman–Crippen LogP) is 3.65. The van der Waals surface area contributed by atoms with Gasteiger partial charge in [0.05, 0.1) is 12.2 Å². The number of anilines is 1. The lowest BCUT2D eigenvalue weighted by atomic mass is 10.1. The molecule has 1 aromatic carbocycles.